The fourth-order valence-corrected chi connectivity index (χ4v) is 2.11. The lowest BCUT2D eigenvalue weighted by molar-refractivity contribution is -0.123. The fourth-order valence-electron chi connectivity index (χ4n) is 2.11. The smallest absolute Gasteiger partial charge is 0.234 e. The van der Waals surface area contributed by atoms with E-state index in [1.165, 1.54) is 0 Å². The van der Waals surface area contributed by atoms with E-state index in [-0.39, 0.29) is 24.6 Å². The van der Waals surface area contributed by atoms with Crippen molar-refractivity contribution in [2.45, 2.75) is 31.8 Å². The maximum absolute atomic E-state index is 11.7. The highest BCUT2D eigenvalue weighted by Crippen LogP contribution is 2.15. The summed E-state index contributed by atoms with van der Waals surface area (Å²) in [6, 6.07) is 0.191. The summed E-state index contributed by atoms with van der Waals surface area (Å²) < 4.78 is 4.95. The van der Waals surface area contributed by atoms with Crippen molar-refractivity contribution < 1.29 is 14.6 Å². The number of nitrogens with zero attached hydrogens (tertiary/aromatic N) is 1. The minimum atomic E-state index is 0.00454. The lowest BCUT2D eigenvalue weighted by Gasteiger charge is -2.23. The van der Waals surface area contributed by atoms with Crippen molar-refractivity contribution in [2.75, 3.05) is 33.4 Å². The molecule has 16 heavy (non-hydrogen) atoms. The molecular formula is C11H22N2O3. The van der Waals surface area contributed by atoms with Gasteiger partial charge in [-0.3, -0.25) is 9.69 Å². The molecule has 1 unspecified atom stereocenters. The minimum Gasteiger partial charge on any atom is -0.395 e. The van der Waals surface area contributed by atoms with Crippen LogP contribution < -0.4 is 5.32 Å². The fraction of sp³-hybridized carbons (Fsp3) is 0.909. The molecule has 0 aliphatic carbocycles. The molecule has 1 fully saturated rings. The second-order valence-corrected chi connectivity index (χ2v) is 4.37. The maximum atomic E-state index is 11.7. The normalized spacial score (nSPS) is 23.3. The van der Waals surface area contributed by atoms with Crippen LogP contribution in [0.2, 0.25) is 0 Å². The van der Waals surface area contributed by atoms with Gasteiger partial charge >= 0.3 is 0 Å². The summed E-state index contributed by atoms with van der Waals surface area (Å²) in [7, 11) is 1.62. The maximum Gasteiger partial charge on any atom is 0.234 e. The third-order valence-electron chi connectivity index (χ3n) is 2.88. The molecule has 5 heteroatoms. The number of ether oxygens (including phenoxy) is 1. The van der Waals surface area contributed by atoms with Gasteiger partial charge in [-0.05, 0) is 26.3 Å². The van der Waals surface area contributed by atoms with Crippen LogP contribution in [0.25, 0.3) is 0 Å². The van der Waals surface area contributed by atoms with Crippen molar-refractivity contribution in [3.05, 3.63) is 0 Å². The molecule has 94 valence electrons. The first-order valence-corrected chi connectivity index (χ1v) is 5.80. The Morgan fingerprint density at radius 2 is 2.44 bits per heavy atom. The van der Waals surface area contributed by atoms with E-state index in [9.17, 15) is 4.79 Å². The third kappa shape index (κ3) is 4.08. The Kier molecular flexibility index (Phi) is 5.73. The number of methoxy groups -OCH3 is 1. The van der Waals surface area contributed by atoms with E-state index in [1.54, 1.807) is 7.11 Å². The second kappa shape index (κ2) is 6.83. The van der Waals surface area contributed by atoms with Crippen molar-refractivity contribution in [3.8, 4) is 0 Å². The highest BCUT2D eigenvalue weighted by Gasteiger charge is 2.25. The van der Waals surface area contributed by atoms with Crippen LogP contribution in [-0.2, 0) is 9.53 Å². The molecule has 0 spiro atoms. The van der Waals surface area contributed by atoms with Crippen LogP contribution in [0.3, 0.4) is 0 Å². The van der Waals surface area contributed by atoms with Crippen molar-refractivity contribution >= 4 is 5.91 Å². The SMILES string of the molecule is COCC(C)NC(=O)CN1CCC[C@@H]1CO. The van der Waals surface area contributed by atoms with Gasteiger partial charge in [0.15, 0.2) is 0 Å². The molecule has 1 aliphatic rings. The van der Waals surface area contributed by atoms with Gasteiger partial charge in [0.2, 0.25) is 5.91 Å². The number of hydrogen-bond donors (Lipinski definition) is 2. The molecule has 0 saturated carbocycles. The van der Waals surface area contributed by atoms with Gasteiger partial charge in [-0.15, -0.1) is 0 Å². The molecule has 0 aromatic rings. The highest BCUT2D eigenvalue weighted by molar-refractivity contribution is 5.78. The van der Waals surface area contributed by atoms with E-state index in [1.807, 2.05) is 11.8 Å². The molecule has 2 atom stereocenters. The monoisotopic (exact) mass is 230 g/mol. The zero-order chi connectivity index (χ0) is 12.0. The quantitative estimate of drug-likeness (QED) is 0.651. The molecule has 2 N–H and O–H groups in total. The Hall–Kier alpha value is -0.650. The molecule has 5 nitrogen and oxygen atoms in total. The van der Waals surface area contributed by atoms with Crippen molar-refractivity contribution in [1.82, 2.24) is 10.2 Å². The van der Waals surface area contributed by atoms with Gasteiger partial charge in [0.25, 0.3) is 0 Å². The van der Waals surface area contributed by atoms with Crippen molar-refractivity contribution in [2.24, 2.45) is 0 Å². The zero-order valence-corrected chi connectivity index (χ0v) is 10.1. The Bertz CT molecular complexity index is 223. The molecule has 0 aromatic heterocycles. The summed E-state index contributed by atoms with van der Waals surface area (Å²) in [5.74, 6) is 0.00454. The van der Waals surface area contributed by atoms with Crippen LogP contribution in [0.1, 0.15) is 19.8 Å². The zero-order valence-electron chi connectivity index (χ0n) is 10.1. The third-order valence-corrected chi connectivity index (χ3v) is 2.88. The lowest BCUT2D eigenvalue weighted by Crippen LogP contribution is -2.44. The number of aliphatic hydroxyl groups is 1. The first-order valence-electron chi connectivity index (χ1n) is 5.80. The van der Waals surface area contributed by atoms with E-state index in [2.05, 4.69) is 5.32 Å². The predicted octanol–water partition coefficient (Wildman–Crippen LogP) is -0.406. The van der Waals surface area contributed by atoms with Gasteiger partial charge in [0, 0.05) is 19.2 Å². The number of carbonyl (C=O) groups excluding carboxylic acids is 1. The molecule has 1 saturated heterocycles. The summed E-state index contributed by atoms with van der Waals surface area (Å²) in [5.41, 5.74) is 0. The van der Waals surface area contributed by atoms with Crippen LogP contribution in [-0.4, -0.2) is 61.4 Å². The molecule has 1 aliphatic heterocycles. The molecule has 0 bridgehead atoms. The second-order valence-electron chi connectivity index (χ2n) is 4.37. The Labute approximate surface area is 96.8 Å². The summed E-state index contributed by atoms with van der Waals surface area (Å²) >= 11 is 0. The predicted molar refractivity (Wildman–Crippen MR) is 61.2 cm³/mol. The summed E-state index contributed by atoms with van der Waals surface area (Å²) in [6.45, 7) is 3.85. The largest absolute Gasteiger partial charge is 0.395 e. The molecule has 1 amide bonds. The average molecular weight is 230 g/mol. The Morgan fingerprint density at radius 1 is 1.69 bits per heavy atom. The van der Waals surface area contributed by atoms with E-state index < -0.39 is 0 Å². The molecular weight excluding hydrogens is 208 g/mol. The lowest BCUT2D eigenvalue weighted by atomic mass is 10.2. The van der Waals surface area contributed by atoms with Crippen LogP contribution in [0.15, 0.2) is 0 Å². The van der Waals surface area contributed by atoms with Gasteiger partial charge in [-0.2, -0.15) is 0 Å². The topological polar surface area (TPSA) is 61.8 Å². The number of carbonyl (C=O) groups is 1. The average Bonchev–Trinajstić information content (AvgIpc) is 2.65. The molecule has 0 radical (unpaired) electrons. The van der Waals surface area contributed by atoms with E-state index >= 15 is 0 Å². The van der Waals surface area contributed by atoms with Crippen molar-refractivity contribution in [1.29, 1.82) is 0 Å². The summed E-state index contributed by atoms with van der Waals surface area (Å²) in [6.07, 6.45) is 2.05. The first-order chi connectivity index (χ1) is 7.67. The van der Waals surface area contributed by atoms with Gasteiger partial charge in [-0.25, -0.2) is 0 Å². The van der Waals surface area contributed by atoms with E-state index in [0.29, 0.717) is 13.2 Å². The van der Waals surface area contributed by atoms with Crippen LogP contribution in [0.5, 0.6) is 0 Å². The molecule has 1 heterocycles. The number of nitrogens with one attached hydrogen (secondary N) is 1. The summed E-state index contributed by atoms with van der Waals surface area (Å²) in [4.78, 5) is 13.7. The van der Waals surface area contributed by atoms with Gasteiger partial charge < -0.3 is 15.2 Å². The molecule has 0 aromatic carbocycles. The number of amides is 1. The van der Waals surface area contributed by atoms with Crippen LogP contribution >= 0.6 is 0 Å². The molecule has 1 rings (SSSR count). The minimum absolute atomic E-state index is 0.00454. The van der Waals surface area contributed by atoms with Gasteiger partial charge in [-0.1, -0.05) is 0 Å². The number of aliphatic hydroxyl groups excluding tert-OH is 1. The Balaban J connectivity index is 2.28. The van der Waals surface area contributed by atoms with Crippen LogP contribution in [0.4, 0.5) is 0 Å². The van der Waals surface area contributed by atoms with Gasteiger partial charge in [0.05, 0.1) is 19.8 Å². The summed E-state index contributed by atoms with van der Waals surface area (Å²) in [5, 5.41) is 12.0. The number of hydrogen-bond acceptors (Lipinski definition) is 4. The van der Waals surface area contributed by atoms with E-state index in [0.717, 1.165) is 19.4 Å². The number of rotatable bonds is 6. The highest BCUT2D eigenvalue weighted by atomic mass is 16.5. The Morgan fingerprint density at radius 3 is 3.06 bits per heavy atom. The van der Waals surface area contributed by atoms with Crippen LogP contribution in [0, 0.1) is 0 Å². The first kappa shape index (κ1) is 13.4. The van der Waals surface area contributed by atoms with Gasteiger partial charge in [0.1, 0.15) is 0 Å². The standard InChI is InChI=1S/C11H22N2O3/c1-9(8-16-2)12-11(15)6-13-5-3-4-10(13)7-14/h9-10,14H,3-8H2,1-2H3,(H,12,15)/t9?,10-/m1/s1. The van der Waals surface area contributed by atoms with E-state index in [4.69, 9.17) is 9.84 Å². The number of likely N-dealkylation sites (tertiary alicyclic amines) is 1. The van der Waals surface area contributed by atoms with Crippen molar-refractivity contribution in [3.63, 3.8) is 0 Å².